The van der Waals surface area contributed by atoms with E-state index in [4.69, 9.17) is 21.1 Å². The molecule has 0 saturated carbocycles. The lowest BCUT2D eigenvalue weighted by atomic mass is 9.96. The molecule has 3 aromatic rings. The van der Waals surface area contributed by atoms with Crippen LogP contribution in [0.25, 0.3) is 16.6 Å². The number of benzene rings is 1. The fourth-order valence-corrected chi connectivity index (χ4v) is 6.62. The smallest absolute Gasteiger partial charge is 0.256 e. The summed E-state index contributed by atoms with van der Waals surface area (Å²) in [6.45, 7) is 11.9. The molecule has 2 atom stereocenters. The van der Waals surface area contributed by atoms with E-state index in [-0.39, 0.29) is 18.2 Å². The average molecular weight is 585 g/mol. The second-order valence-corrected chi connectivity index (χ2v) is 12.5. The molecule has 0 unspecified atom stereocenters. The second kappa shape index (κ2) is 12.8. The van der Waals surface area contributed by atoms with Crippen LogP contribution < -0.4 is 0 Å². The van der Waals surface area contributed by atoms with E-state index in [9.17, 15) is 9.18 Å². The number of hydrogen-bond donors (Lipinski definition) is 0. The fourth-order valence-electron chi connectivity index (χ4n) is 6.34. The normalized spacial score (nSPS) is 19.2. The maximum Gasteiger partial charge on any atom is 0.256 e. The van der Waals surface area contributed by atoms with E-state index in [2.05, 4.69) is 29.9 Å². The van der Waals surface area contributed by atoms with Gasteiger partial charge in [0.2, 0.25) is 0 Å². The maximum atomic E-state index is 14.4. The third-order valence-electron chi connectivity index (χ3n) is 8.74. The van der Waals surface area contributed by atoms with Gasteiger partial charge in [0, 0.05) is 43.5 Å². The molecule has 2 saturated heterocycles. The van der Waals surface area contributed by atoms with E-state index in [0.717, 1.165) is 55.2 Å². The van der Waals surface area contributed by atoms with Crippen LogP contribution in [0.4, 0.5) is 4.39 Å². The summed E-state index contributed by atoms with van der Waals surface area (Å²) in [6, 6.07) is 4.84. The van der Waals surface area contributed by atoms with Crippen LogP contribution in [0.3, 0.4) is 0 Å². The van der Waals surface area contributed by atoms with Crippen LogP contribution in [0.5, 0.6) is 0 Å². The largest absolute Gasteiger partial charge is 0.350 e. The summed E-state index contributed by atoms with van der Waals surface area (Å²) < 4.78 is 27.7. The van der Waals surface area contributed by atoms with Crippen LogP contribution in [0, 0.1) is 17.7 Å². The van der Waals surface area contributed by atoms with E-state index in [1.54, 1.807) is 30.4 Å². The lowest BCUT2D eigenvalue weighted by Crippen LogP contribution is -2.38. The number of rotatable bonds is 10. The molecule has 0 aliphatic carbocycles. The number of carbonyl (C=O) groups excluding carboxylic acids is 1. The zero-order valence-electron chi connectivity index (χ0n) is 24.8. The zero-order chi connectivity index (χ0) is 29.3. The Morgan fingerprint density at radius 2 is 1.95 bits per heavy atom. The highest BCUT2D eigenvalue weighted by Crippen LogP contribution is 2.35. The highest BCUT2D eigenvalue weighted by atomic mass is 35.5. The Kier molecular flexibility index (Phi) is 9.33. The number of nitrogens with zero attached hydrogens (tertiary/aromatic N) is 4. The van der Waals surface area contributed by atoms with E-state index < -0.39 is 5.82 Å². The van der Waals surface area contributed by atoms with Crippen LogP contribution in [0.15, 0.2) is 36.8 Å². The molecular weight excluding hydrogens is 543 g/mol. The standard InChI is InChI=1S/C32H42ClFN4O3/c1-20(2)27(8-9-30-40-12-13-41-30)37-11-10-22(18-37)14-23-19-38(29-17-35-16-26(33)31(23)29)28-7-6-24(34)15-25(28)32(39)36(5)21(3)4/h6-7,15-17,19-22,27,30H,8-14,18H2,1-5H3/t22-,27+/m1/s1. The summed E-state index contributed by atoms with van der Waals surface area (Å²) in [5, 5.41) is 1.52. The molecule has 0 spiro atoms. The van der Waals surface area contributed by atoms with Crippen LogP contribution in [0.2, 0.25) is 5.02 Å². The Morgan fingerprint density at radius 1 is 1.20 bits per heavy atom. The number of fused-ring (bicyclic) bond motifs is 1. The van der Waals surface area contributed by atoms with Crippen molar-refractivity contribution in [2.75, 3.05) is 33.4 Å². The molecule has 5 rings (SSSR count). The molecule has 0 radical (unpaired) electrons. The molecule has 1 aromatic carbocycles. The van der Waals surface area contributed by atoms with Crippen molar-refractivity contribution in [3.05, 3.63) is 58.8 Å². The minimum absolute atomic E-state index is 0.0233. The number of likely N-dealkylation sites (tertiary alicyclic amines) is 1. The van der Waals surface area contributed by atoms with Gasteiger partial charge in [0.15, 0.2) is 6.29 Å². The molecule has 0 N–H and O–H groups in total. The quantitative estimate of drug-likeness (QED) is 0.278. The molecule has 0 bridgehead atoms. The second-order valence-electron chi connectivity index (χ2n) is 12.1. The molecule has 2 aromatic heterocycles. The maximum absolute atomic E-state index is 14.4. The zero-order valence-corrected chi connectivity index (χ0v) is 25.5. The molecule has 41 heavy (non-hydrogen) atoms. The number of ether oxygens (including phenoxy) is 2. The van der Waals surface area contributed by atoms with Gasteiger partial charge in [-0.3, -0.25) is 14.7 Å². The Balaban J connectivity index is 1.41. The predicted molar refractivity (Wildman–Crippen MR) is 160 cm³/mol. The van der Waals surface area contributed by atoms with Crippen molar-refractivity contribution in [2.24, 2.45) is 11.8 Å². The van der Waals surface area contributed by atoms with Gasteiger partial charge in [-0.15, -0.1) is 0 Å². The monoisotopic (exact) mass is 584 g/mol. The summed E-state index contributed by atoms with van der Waals surface area (Å²) in [5.41, 5.74) is 2.86. The predicted octanol–water partition coefficient (Wildman–Crippen LogP) is 6.34. The van der Waals surface area contributed by atoms with Gasteiger partial charge in [-0.25, -0.2) is 4.39 Å². The topological polar surface area (TPSA) is 59.8 Å². The molecular formula is C32H42ClFN4O3. The van der Waals surface area contributed by atoms with Crippen molar-refractivity contribution in [3.63, 3.8) is 0 Å². The van der Waals surface area contributed by atoms with Gasteiger partial charge >= 0.3 is 0 Å². The first kappa shape index (κ1) is 30.0. The summed E-state index contributed by atoms with van der Waals surface area (Å²) in [5.74, 6) is 0.335. The average Bonchev–Trinajstić information content (AvgIpc) is 3.70. The molecule has 2 aliphatic heterocycles. The van der Waals surface area contributed by atoms with E-state index >= 15 is 0 Å². The number of halogens is 2. The molecule has 2 aliphatic rings. The summed E-state index contributed by atoms with van der Waals surface area (Å²) in [6.07, 6.45) is 9.38. The first-order valence-corrected chi connectivity index (χ1v) is 15.2. The minimum Gasteiger partial charge on any atom is -0.350 e. The molecule has 7 nitrogen and oxygen atoms in total. The number of hydrogen-bond acceptors (Lipinski definition) is 5. The van der Waals surface area contributed by atoms with Crippen molar-refractivity contribution in [2.45, 2.75) is 71.8 Å². The Bertz CT molecular complexity index is 1370. The Hall–Kier alpha value is -2.52. The molecule has 1 amide bonds. The third-order valence-corrected chi connectivity index (χ3v) is 9.03. The number of amides is 1. The van der Waals surface area contributed by atoms with Crippen LogP contribution in [0.1, 0.15) is 62.9 Å². The molecule has 222 valence electrons. The van der Waals surface area contributed by atoms with Gasteiger partial charge in [0.1, 0.15) is 5.82 Å². The van der Waals surface area contributed by atoms with E-state index in [0.29, 0.717) is 47.4 Å². The summed E-state index contributed by atoms with van der Waals surface area (Å²) in [4.78, 5) is 22.0. The molecule has 4 heterocycles. The third kappa shape index (κ3) is 6.46. The first-order chi connectivity index (χ1) is 19.6. The lowest BCUT2D eigenvalue weighted by molar-refractivity contribution is -0.0527. The van der Waals surface area contributed by atoms with Gasteiger partial charge in [-0.2, -0.15) is 0 Å². The van der Waals surface area contributed by atoms with Crippen molar-refractivity contribution < 1.29 is 18.7 Å². The van der Waals surface area contributed by atoms with Crippen molar-refractivity contribution in [1.29, 1.82) is 0 Å². The SMILES string of the molecule is CC(C)[C@H](CCC1OCCO1)N1CC[C@H](Cc2cn(-c3ccc(F)cc3C(=O)N(C)C(C)C)c3cncc(Cl)c23)C1. The minimum atomic E-state index is -0.445. The van der Waals surface area contributed by atoms with Crippen LogP contribution in [-0.2, 0) is 15.9 Å². The van der Waals surface area contributed by atoms with Gasteiger partial charge in [-0.05, 0) is 81.7 Å². The first-order valence-electron chi connectivity index (χ1n) is 14.8. The van der Waals surface area contributed by atoms with Gasteiger partial charge in [0.25, 0.3) is 5.91 Å². The van der Waals surface area contributed by atoms with Gasteiger partial charge in [-0.1, -0.05) is 25.4 Å². The molecule has 2 fully saturated rings. The van der Waals surface area contributed by atoms with Gasteiger partial charge in [0.05, 0.1) is 41.2 Å². The molecule has 9 heteroatoms. The Morgan fingerprint density at radius 3 is 2.66 bits per heavy atom. The van der Waals surface area contributed by atoms with E-state index in [1.807, 2.05) is 18.4 Å². The highest BCUT2D eigenvalue weighted by Gasteiger charge is 2.32. The van der Waals surface area contributed by atoms with Gasteiger partial charge < -0.3 is 18.9 Å². The number of pyridine rings is 1. The Labute approximate surface area is 247 Å². The van der Waals surface area contributed by atoms with Crippen molar-refractivity contribution >= 4 is 28.4 Å². The number of aromatic nitrogens is 2. The summed E-state index contributed by atoms with van der Waals surface area (Å²) >= 11 is 6.75. The van der Waals surface area contributed by atoms with Crippen molar-refractivity contribution in [3.8, 4) is 5.69 Å². The van der Waals surface area contributed by atoms with Crippen LogP contribution >= 0.6 is 11.6 Å². The fraction of sp³-hybridized carbons (Fsp3) is 0.562. The highest BCUT2D eigenvalue weighted by molar-refractivity contribution is 6.35. The van der Waals surface area contributed by atoms with Crippen LogP contribution in [-0.4, -0.2) is 77.0 Å². The summed E-state index contributed by atoms with van der Waals surface area (Å²) in [7, 11) is 1.74. The number of carbonyl (C=O) groups is 1. The lowest BCUT2D eigenvalue weighted by Gasteiger charge is -2.32. The van der Waals surface area contributed by atoms with Crippen molar-refractivity contribution in [1.82, 2.24) is 19.4 Å². The van der Waals surface area contributed by atoms with E-state index in [1.165, 1.54) is 12.1 Å².